The molecule has 7 nitrogen and oxygen atoms in total. The van der Waals surface area contributed by atoms with E-state index in [1.54, 1.807) is 12.5 Å². The smallest absolute Gasteiger partial charge is 0.232 e. The van der Waals surface area contributed by atoms with Crippen molar-refractivity contribution in [3.63, 3.8) is 0 Å². The highest BCUT2D eigenvalue weighted by Crippen LogP contribution is 2.26. The van der Waals surface area contributed by atoms with Crippen LogP contribution in [0, 0.1) is 0 Å². The average molecular weight is 353 g/mol. The zero-order valence-electron chi connectivity index (χ0n) is 14.2. The van der Waals surface area contributed by atoms with E-state index in [1.165, 1.54) is 0 Å². The number of aromatic amines is 1. The molecule has 130 valence electrons. The minimum atomic E-state index is 0.428. The first kappa shape index (κ1) is 15.3. The number of pyridine rings is 1. The molecule has 0 saturated heterocycles. The molecule has 0 saturated carbocycles. The van der Waals surface area contributed by atoms with Crippen LogP contribution < -0.4 is 10.6 Å². The fraction of sp³-hybridized carbons (Fsp3) is 0. The van der Waals surface area contributed by atoms with E-state index in [4.69, 9.17) is 0 Å². The number of benzene rings is 2. The van der Waals surface area contributed by atoms with Crippen LogP contribution >= 0.6 is 0 Å². The van der Waals surface area contributed by atoms with Gasteiger partial charge in [0, 0.05) is 17.3 Å². The lowest BCUT2D eigenvalue weighted by molar-refractivity contribution is 1.18. The van der Waals surface area contributed by atoms with Crippen molar-refractivity contribution in [3.8, 4) is 0 Å². The van der Waals surface area contributed by atoms with Crippen LogP contribution in [0.2, 0.25) is 0 Å². The summed E-state index contributed by atoms with van der Waals surface area (Å²) in [7, 11) is 0. The van der Waals surface area contributed by atoms with Crippen LogP contribution in [-0.4, -0.2) is 24.9 Å². The number of hydrogen-bond donors (Lipinski definition) is 3. The maximum Gasteiger partial charge on any atom is 0.232 e. The second kappa shape index (κ2) is 6.38. The van der Waals surface area contributed by atoms with E-state index in [1.807, 2.05) is 60.7 Å². The molecule has 0 unspecified atom stereocenters. The van der Waals surface area contributed by atoms with Crippen LogP contribution in [0.3, 0.4) is 0 Å². The Morgan fingerprint density at radius 2 is 1.59 bits per heavy atom. The molecule has 3 N–H and O–H groups in total. The number of fused-ring (bicyclic) bond motifs is 2. The molecule has 5 rings (SSSR count). The van der Waals surface area contributed by atoms with Crippen LogP contribution in [0.4, 0.5) is 23.3 Å². The minimum Gasteiger partial charge on any atom is -0.340 e. The average Bonchev–Trinajstić information content (AvgIpc) is 3.18. The Hall–Kier alpha value is -4.00. The molecule has 0 spiro atoms. The van der Waals surface area contributed by atoms with Crippen molar-refractivity contribution in [2.75, 3.05) is 10.6 Å². The van der Waals surface area contributed by atoms with Crippen LogP contribution in [-0.2, 0) is 0 Å². The molecular formula is C20H15N7. The Bertz CT molecular complexity index is 1230. The van der Waals surface area contributed by atoms with E-state index in [-0.39, 0.29) is 0 Å². The fourth-order valence-corrected chi connectivity index (χ4v) is 2.96. The standard InChI is InChI=1S/C20H15N7/c1-2-7-14(8-3-1)24-19-16-18(23-12-22-16)26-20(27-19)25-17-15-9-5-4-6-13(15)10-11-21-17/h1-12H,(H3,21,22,23,24,25,26,27). The topological polar surface area (TPSA) is 91.4 Å². The minimum absolute atomic E-state index is 0.428. The van der Waals surface area contributed by atoms with Gasteiger partial charge in [-0.1, -0.05) is 42.5 Å². The second-order valence-corrected chi connectivity index (χ2v) is 5.99. The number of nitrogens with zero attached hydrogens (tertiary/aromatic N) is 4. The molecule has 2 aromatic carbocycles. The number of rotatable bonds is 4. The van der Waals surface area contributed by atoms with Gasteiger partial charge >= 0.3 is 0 Å². The Labute approximate surface area is 154 Å². The van der Waals surface area contributed by atoms with Gasteiger partial charge in [-0.05, 0) is 23.6 Å². The molecule has 0 aliphatic rings. The summed E-state index contributed by atoms with van der Waals surface area (Å²) >= 11 is 0. The number of para-hydroxylation sites is 1. The Morgan fingerprint density at radius 3 is 2.52 bits per heavy atom. The molecule has 5 aromatic rings. The van der Waals surface area contributed by atoms with E-state index >= 15 is 0 Å². The molecule has 3 aromatic heterocycles. The zero-order chi connectivity index (χ0) is 18.1. The molecule has 3 heterocycles. The summed E-state index contributed by atoms with van der Waals surface area (Å²) in [6, 6.07) is 19.9. The summed E-state index contributed by atoms with van der Waals surface area (Å²) in [4.78, 5) is 20.9. The first-order valence-electron chi connectivity index (χ1n) is 8.51. The van der Waals surface area contributed by atoms with E-state index in [0.717, 1.165) is 22.0 Å². The summed E-state index contributed by atoms with van der Waals surface area (Å²) in [5.41, 5.74) is 2.25. The van der Waals surface area contributed by atoms with Gasteiger partial charge in [0.05, 0.1) is 6.33 Å². The van der Waals surface area contributed by atoms with Gasteiger partial charge in [-0.25, -0.2) is 9.97 Å². The first-order chi connectivity index (χ1) is 13.4. The SMILES string of the molecule is c1ccc(Nc2nc(Nc3nccc4ccccc34)nc3nc[nH]c23)cc1. The highest BCUT2D eigenvalue weighted by Gasteiger charge is 2.12. The van der Waals surface area contributed by atoms with Crippen LogP contribution in [0.5, 0.6) is 0 Å². The summed E-state index contributed by atoms with van der Waals surface area (Å²) in [5, 5.41) is 8.64. The highest BCUT2D eigenvalue weighted by molar-refractivity contribution is 5.93. The summed E-state index contributed by atoms with van der Waals surface area (Å²) in [6.07, 6.45) is 3.37. The second-order valence-electron chi connectivity index (χ2n) is 5.99. The first-order valence-corrected chi connectivity index (χ1v) is 8.51. The molecule has 7 heteroatoms. The number of anilines is 4. The lowest BCUT2D eigenvalue weighted by atomic mass is 10.1. The molecule has 0 amide bonds. The monoisotopic (exact) mass is 353 g/mol. The van der Waals surface area contributed by atoms with E-state index < -0.39 is 0 Å². The van der Waals surface area contributed by atoms with Crippen molar-refractivity contribution in [2.45, 2.75) is 0 Å². The third-order valence-corrected chi connectivity index (χ3v) is 4.23. The number of imidazole rings is 1. The molecule has 0 atom stereocenters. The maximum absolute atomic E-state index is 4.63. The molecule has 27 heavy (non-hydrogen) atoms. The number of H-pyrrole nitrogens is 1. The Kier molecular flexibility index (Phi) is 3.61. The van der Waals surface area contributed by atoms with E-state index in [9.17, 15) is 0 Å². The fourth-order valence-electron chi connectivity index (χ4n) is 2.96. The van der Waals surface area contributed by atoms with Gasteiger partial charge in [0.2, 0.25) is 5.95 Å². The van der Waals surface area contributed by atoms with Gasteiger partial charge in [0.25, 0.3) is 0 Å². The summed E-state index contributed by atoms with van der Waals surface area (Å²) in [6.45, 7) is 0. The van der Waals surface area contributed by atoms with Crippen molar-refractivity contribution in [1.82, 2.24) is 24.9 Å². The molecular weight excluding hydrogens is 338 g/mol. The van der Waals surface area contributed by atoms with Crippen molar-refractivity contribution in [2.24, 2.45) is 0 Å². The van der Waals surface area contributed by atoms with Gasteiger partial charge in [-0.2, -0.15) is 9.97 Å². The Balaban J connectivity index is 1.57. The zero-order valence-corrected chi connectivity index (χ0v) is 14.2. The Morgan fingerprint density at radius 1 is 0.741 bits per heavy atom. The van der Waals surface area contributed by atoms with Gasteiger partial charge < -0.3 is 15.6 Å². The van der Waals surface area contributed by atoms with Crippen molar-refractivity contribution in [3.05, 3.63) is 73.2 Å². The largest absolute Gasteiger partial charge is 0.340 e. The highest BCUT2D eigenvalue weighted by atomic mass is 15.2. The van der Waals surface area contributed by atoms with Crippen molar-refractivity contribution < 1.29 is 0 Å². The van der Waals surface area contributed by atoms with Crippen LogP contribution in [0.15, 0.2) is 73.2 Å². The quantitative estimate of drug-likeness (QED) is 0.444. The van der Waals surface area contributed by atoms with Gasteiger partial charge in [0.15, 0.2) is 11.5 Å². The van der Waals surface area contributed by atoms with E-state index in [0.29, 0.717) is 23.2 Å². The third kappa shape index (κ3) is 2.91. The predicted molar refractivity (Wildman–Crippen MR) is 106 cm³/mol. The lowest BCUT2D eigenvalue weighted by Crippen LogP contribution is -2.03. The molecule has 0 aliphatic heterocycles. The van der Waals surface area contributed by atoms with Crippen LogP contribution in [0.1, 0.15) is 0 Å². The summed E-state index contributed by atoms with van der Waals surface area (Å²) < 4.78 is 0. The molecule has 0 bridgehead atoms. The maximum atomic E-state index is 4.63. The van der Waals surface area contributed by atoms with Gasteiger partial charge in [0.1, 0.15) is 11.3 Å². The van der Waals surface area contributed by atoms with Crippen molar-refractivity contribution in [1.29, 1.82) is 0 Å². The normalized spacial score (nSPS) is 11.0. The van der Waals surface area contributed by atoms with E-state index in [2.05, 4.69) is 35.6 Å². The lowest BCUT2D eigenvalue weighted by Gasteiger charge is -2.10. The molecule has 0 aliphatic carbocycles. The predicted octanol–water partition coefficient (Wildman–Crippen LogP) is 4.39. The molecule has 0 fully saturated rings. The third-order valence-electron chi connectivity index (χ3n) is 4.23. The number of aromatic nitrogens is 5. The number of hydrogen-bond acceptors (Lipinski definition) is 6. The van der Waals surface area contributed by atoms with Gasteiger partial charge in [-0.3, -0.25) is 0 Å². The number of nitrogens with one attached hydrogen (secondary N) is 3. The van der Waals surface area contributed by atoms with Crippen LogP contribution in [0.25, 0.3) is 21.9 Å². The van der Waals surface area contributed by atoms with Crippen molar-refractivity contribution >= 4 is 45.2 Å². The van der Waals surface area contributed by atoms with Gasteiger partial charge in [-0.15, -0.1) is 0 Å². The molecule has 0 radical (unpaired) electrons. The summed E-state index contributed by atoms with van der Waals surface area (Å²) in [5.74, 6) is 1.77.